The van der Waals surface area contributed by atoms with E-state index in [-0.39, 0.29) is 24.8 Å². The third kappa shape index (κ3) is 3.29. The third-order valence-corrected chi connectivity index (χ3v) is 4.11. The minimum absolute atomic E-state index is 0. The van der Waals surface area contributed by atoms with Crippen molar-refractivity contribution in [3.8, 4) is 0 Å². The molecule has 0 unspecified atom stereocenters. The first-order chi connectivity index (χ1) is 8.74. The molecular formula is C13H18Cl2N4S. The van der Waals surface area contributed by atoms with Gasteiger partial charge in [-0.15, -0.1) is 36.2 Å². The largest absolute Gasteiger partial charge is 0.398 e. The van der Waals surface area contributed by atoms with Gasteiger partial charge in [0, 0.05) is 29.0 Å². The quantitative estimate of drug-likeness (QED) is 0.829. The van der Waals surface area contributed by atoms with Crippen LogP contribution in [0.25, 0.3) is 0 Å². The van der Waals surface area contributed by atoms with Gasteiger partial charge in [0.25, 0.3) is 0 Å². The van der Waals surface area contributed by atoms with E-state index in [0.717, 1.165) is 31.6 Å². The SMILES string of the molecule is Cl.Cl.Nc1ncc(CN2CCCc3c(N)cccc32)s1. The molecule has 1 aromatic heterocycles. The van der Waals surface area contributed by atoms with Gasteiger partial charge in [-0.2, -0.15) is 0 Å². The van der Waals surface area contributed by atoms with Crippen molar-refractivity contribution in [2.24, 2.45) is 0 Å². The average Bonchev–Trinajstić information content (AvgIpc) is 2.76. The van der Waals surface area contributed by atoms with E-state index in [1.165, 1.54) is 16.1 Å². The molecule has 3 rings (SSSR count). The maximum absolute atomic E-state index is 6.04. The van der Waals surface area contributed by atoms with Gasteiger partial charge in [0.2, 0.25) is 0 Å². The minimum atomic E-state index is 0. The van der Waals surface area contributed by atoms with Gasteiger partial charge in [-0.05, 0) is 30.5 Å². The Morgan fingerprint density at radius 3 is 2.75 bits per heavy atom. The lowest BCUT2D eigenvalue weighted by Gasteiger charge is -2.31. The molecule has 0 aliphatic carbocycles. The molecule has 7 heteroatoms. The van der Waals surface area contributed by atoms with Crippen LogP contribution >= 0.6 is 36.2 Å². The molecule has 0 amide bonds. The first-order valence-electron chi connectivity index (χ1n) is 6.06. The maximum Gasteiger partial charge on any atom is 0.180 e. The molecule has 110 valence electrons. The predicted octanol–water partition coefficient (Wildman–Crippen LogP) is 3.10. The normalized spacial score (nSPS) is 13.1. The highest BCUT2D eigenvalue weighted by Crippen LogP contribution is 2.32. The third-order valence-electron chi connectivity index (χ3n) is 3.30. The summed E-state index contributed by atoms with van der Waals surface area (Å²) in [4.78, 5) is 7.66. The number of nitrogen functional groups attached to an aromatic ring is 2. The molecule has 2 aromatic rings. The molecule has 0 radical (unpaired) electrons. The molecular weight excluding hydrogens is 315 g/mol. The Bertz CT molecular complexity index is 573. The number of rotatable bonds is 2. The molecule has 0 saturated heterocycles. The van der Waals surface area contributed by atoms with Gasteiger partial charge in [0.1, 0.15) is 0 Å². The number of hydrogen-bond acceptors (Lipinski definition) is 5. The summed E-state index contributed by atoms with van der Waals surface area (Å²) in [5.41, 5.74) is 15.2. The molecule has 0 bridgehead atoms. The van der Waals surface area contributed by atoms with Crippen molar-refractivity contribution in [1.29, 1.82) is 0 Å². The number of aromatic nitrogens is 1. The first-order valence-corrected chi connectivity index (χ1v) is 6.88. The number of nitrogens with two attached hydrogens (primary N) is 2. The lowest BCUT2D eigenvalue weighted by Crippen LogP contribution is -2.28. The Hall–Kier alpha value is -1.17. The van der Waals surface area contributed by atoms with Crippen LogP contribution in [0.5, 0.6) is 0 Å². The molecule has 0 atom stereocenters. The highest BCUT2D eigenvalue weighted by Gasteiger charge is 2.19. The topological polar surface area (TPSA) is 68.2 Å². The second kappa shape index (κ2) is 7.02. The Labute approximate surface area is 135 Å². The van der Waals surface area contributed by atoms with Crippen molar-refractivity contribution < 1.29 is 0 Å². The van der Waals surface area contributed by atoms with E-state index in [0.29, 0.717) is 5.13 Å². The fourth-order valence-electron chi connectivity index (χ4n) is 2.48. The fourth-order valence-corrected chi connectivity index (χ4v) is 3.18. The van der Waals surface area contributed by atoms with E-state index >= 15 is 0 Å². The number of nitrogens with zero attached hydrogens (tertiary/aromatic N) is 2. The molecule has 0 spiro atoms. The monoisotopic (exact) mass is 332 g/mol. The lowest BCUT2D eigenvalue weighted by molar-refractivity contribution is 0.696. The number of hydrogen-bond donors (Lipinski definition) is 2. The van der Waals surface area contributed by atoms with Crippen LogP contribution in [0.1, 0.15) is 16.9 Å². The zero-order valence-electron chi connectivity index (χ0n) is 10.9. The minimum Gasteiger partial charge on any atom is -0.398 e. The van der Waals surface area contributed by atoms with Gasteiger partial charge in [-0.3, -0.25) is 0 Å². The van der Waals surface area contributed by atoms with Crippen LogP contribution < -0.4 is 16.4 Å². The van der Waals surface area contributed by atoms with Crippen molar-refractivity contribution in [2.75, 3.05) is 22.9 Å². The van der Waals surface area contributed by atoms with E-state index < -0.39 is 0 Å². The highest BCUT2D eigenvalue weighted by molar-refractivity contribution is 7.15. The Kier molecular flexibility index (Phi) is 5.92. The molecule has 0 saturated carbocycles. The smallest absolute Gasteiger partial charge is 0.180 e. The summed E-state index contributed by atoms with van der Waals surface area (Å²) in [6.07, 6.45) is 4.08. The summed E-state index contributed by atoms with van der Waals surface area (Å²) in [5.74, 6) is 0. The Morgan fingerprint density at radius 2 is 2.05 bits per heavy atom. The maximum atomic E-state index is 6.04. The molecule has 20 heavy (non-hydrogen) atoms. The molecule has 4 N–H and O–H groups in total. The van der Waals surface area contributed by atoms with Gasteiger partial charge < -0.3 is 16.4 Å². The van der Waals surface area contributed by atoms with Crippen LogP contribution in [0.4, 0.5) is 16.5 Å². The van der Waals surface area contributed by atoms with E-state index in [1.807, 2.05) is 18.3 Å². The van der Waals surface area contributed by atoms with Gasteiger partial charge in [0.15, 0.2) is 5.13 Å². The van der Waals surface area contributed by atoms with Crippen molar-refractivity contribution >= 4 is 52.7 Å². The molecule has 0 fully saturated rings. The van der Waals surface area contributed by atoms with Crippen LogP contribution in [0.2, 0.25) is 0 Å². The van der Waals surface area contributed by atoms with Gasteiger partial charge in [0.05, 0.1) is 6.54 Å². The van der Waals surface area contributed by atoms with E-state index in [9.17, 15) is 0 Å². The number of anilines is 3. The van der Waals surface area contributed by atoms with Crippen molar-refractivity contribution in [1.82, 2.24) is 4.98 Å². The molecule has 2 heterocycles. The average molecular weight is 333 g/mol. The van der Waals surface area contributed by atoms with Gasteiger partial charge >= 0.3 is 0 Å². The summed E-state index contributed by atoms with van der Waals surface area (Å²) >= 11 is 1.55. The molecule has 4 nitrogen and oxygen atoms in total. The summed E-state index contributed by atoms with van der Waals surface area (Å²) in [6.45, 7) is 1.93. The summed E-state index contributed by atoms with van der Waals surface area (Å²) in [5, 5.41) is 0.634. The van der Waals surface area contributed by atoms with Crippen molar-refractivity contribution in [3.05, 3.63) is 34.8 Å². The zero-order chi connectivity index (χ0) is 12.5. The van der Waals surface area contributed by atoms with E-state index in [2.05, 4.69) is 16.0 Å². The number of benzene rings is 1. The predicted molar refractivity (Wildman–Crippen MR) is 91.2 cm³/mol. The van der Waals surface area contributed by atoms with Crippen LogP contribution in [0.3, 0.4) is 0 Å². The summed E-state index contributed by atoms with van der Waals surface area (Å²) in [6, 6.07) is 6.15. The summed E-state index contributed by atoms with van der Waals surface area (Å²) in [7, 11) is 0. The van der Waals surface area contributed by atoms with Crippen LogP contribution in [0, 0.1) is 0 Å². The highest BCUT2D eigenvalue weighted by atomic mass is 35.5. The Balaban J connectivity index is 0.000001000. The van der Waals surface area contributed by atoms with Crippen LogP contribution in [0.15, 0.2) is 24.4 Å². The van der Waals surface area contributed by atoms with Crippen molar-refractivity contribution in [2.45, 2.75) is 19.4 Å². The summed E-state index contributed by atoms with van der Waals surface area (Å²) < 4.78 is 0. The molecule has 1 aromatic carbocycles. The first kappa shape index (κ1) is 16.9. The molecule has 1 aliphatic heterocycles. The zero-order valence-corrected chi connectivity index (χ0v) is 13.4. The van der Waals surface area contributed by atoms with Crippen LogP contribution in [-0.4, -0.2) is 11.5 Å². The lowest BCUT2D eigenvalue weighted by atomic mass is 10.00. The van der Waals surface area contributed by atoms with Gasteiger partial charge in [-0.1, -0.05) is 6.07 Å². The number of fused-ring (bicyclic) bond motifs is 1. The van der Waals surface area contributed by atoms with Crippen molar-refractivity contribution in [3.63, 3.8) is 0 Å². The van der Waals surface area contributed by atoms with E-state index in [4.69, 9.17) is 11.5 Å². The van der Waals surface area contributed by atoms with E-state index in [1.54, 1.807) is 11.3 Å². The standard InChI is InChI=1S/C13H16N4S.2ClH/c14-11-4-1-5-12-10(11)3-2-6-17(12)8-9-7-16-13(15)18-9;;/h1,4-5,7H,2-3,6,8,14H2,(H2,15,16);2*1H. The van der Waals surface area contributed by atoms with Gasteiger partial charge in [-0.25, -0.2) is 4.98 Å². The molecule has 1 aliphatic rings. The second-order valence-corrected chi connectivity index (χ2v) is 5.68. The fraction of sp³-hybridized carbons (Fsp3) is 0.308. The van der Waals surface area contributed by atoms with Crippen LogP contribution in [-0.2, 0) is 13.0 Å². The second-order valence-electron chi connectivity index (χ2n) is 4.53. The Morgan fingerprint density at radius 1 is 1.25 bits per heavy atom. The number of halogens is 2. The number of thiazole rings is 1.